The largest absolute Gasteiger partial charge is 0.387 e. The fourth-order valence-corrected chi connectivity index (χ4v) is 10.3. The van der Waals surface area contributed by atoms with Crippen molar-refractivity contribution in [2.24, 2.45) is 45.3 Å². The van der Waals surface area contributed by atoms with Crippen LogP contribution in [-0.4, -0.2) is 49.2 Å². The predicted octanol–water partition coefficient (Wildman–Crippen LogP) is 6.32. The molecule has 1 N–H and O–H groups in total. The maximum Gasteiger partial charge on any atom is 0.160 e. The molecule has 0 bridgehead atoms. The SMILES string of the molecule is CO[C@@H]1O[C@@H]([C@H](O)C(C)(C)OC)C[C@H]1[C@@H]1CC[C@@]2(C)C3=CC[C@@H]4C(C)(C)C(=O)CC[C@]4(C)[C@H]3CC[C@]12C. The Morgan fingerprint density at radius 3 is 2.43 bits per heavy atom. The van der Waals surface area contributed by atoms with Crippen LogP contribution >= 0.6 is 0 Å². The third-order valence-electron chi connectivity index (χ3n) is 13.1. The molecular formula is C32H52O5. The normalized spacial score (nSPS) is 48.2. The molecule has 4 fully saturated rings. The minimum atomic E-state index is -0.702. The molecule has 5 nitrogen and oxygen atoms in total. The van der Waals surface area contributed by atoms with Crippen LogP contribution in [0, 0.1) is 45.3 Å². The van der Waals surface area contributed by atoms with Crippen molar-refractivity contribution in [2.45, 2.75) is 124 Å². The monoisotopic (exact) mass is 516 g/mol. The summed E-state index contributed by atoms with van der Waals surface area (Å²) < 4.78 is 17.9. The molecule has 210 valence electrons. The van der Waals surface area contributed by atoms with Crippen LogP contribution < -0.4 is 0 Å². The molecule has 0 amide bonds. The molecule has 37 heavy (non-hydrogen) atoms. The van der Waals surface area contributed by atoms with Crippen molar-refractivity contribution < 1.29 is 24.1 Å². The van der Waals surface area contributed by atoms with E-state index in [1.54, 1.807) is 19.8 Å². The van der Waals surface area contributed by atoms with Crippen LogP contribution in [0.15, 0.2) is 11.6 Å². The molecule has 4 aliphatic carbocycles. The van der Waals surface area contributed by atoms with E-state index >= 15 is 0 Å². The topological polar surface area (TPSA) is 65.0 Å². The van der Waals surface area contributed by atoms with E-state index in [-0.39, 0.29) is 40.0 Å². The summed E-state index contributed by atoms with van der Waals surface area (Å²) in [5.41, 5.74) is 1.32. The second-order valence-electron chi connectivity index (χ2n) is 15.0. The number of rotatable bonds is 5. The molecule has 0 aromatic carbocycles. The van der Waals surface area contributed by atoms with Crippen LogP contribution in [0.1, 0.15) is 99.8 Å². The second kappa shape index (κ2) is 8.88. The molecule has 1 aliphatic heterocycles. The molecule has 0 aromatic rings. The summed E-state index contributed by atoms with van der Waals surface area (Å²) in [7, 11) is 3.40. The number of carbonyl (C=O) groups is 1. The van der Waals surface area contributed by atoms with Crippen molar-refractivity contribution in [1.29, 1.82) is 0 Å². The zero-order valence-corrected chi connectivity index (χ0v) is 24.9. The average molecular weight is 517 g/mol. The smallest absolute Gasteiger partial charge is 0.160 e. The molecular weight excluding hydrogens is 464 g/mol. The highest BCUT2D eigenvalue weighted by atomic mass is 16.7. The zero-order valence-electron chi connectivity index (χ0n) is 24.9. The van der Waals surface area contributed by atoms with Gasteiger partial charge in [-0.05, 0) is 92.8 Å². The number of ether oxygens (including phenoxy) is 3. The van der Waals surface area contributed by atoms with Crippen LogP contribution in [0.25, 0.3) is 0 Å². The van der Waals surface area contributed by atoms with Gasteiger partial charge in [0.05, 0.1) is 11.7 Å². The van der Waals surface area contributed by atoms with Crippen LogP contribution in [0.3, 0.4) is 0 Å². The minimum Gasteiger partial charge on any atom is -0.387 e. The number of carbonyl (C=O) groups excluding carboxylic acids is 1. The van der Waals surface area contributed by atoms with Gasteiger partial charge in [-0.1, -0.05) is 46.3 Å². The fraction of sp³-hybridized carbons (Fsp3) is 0.906. The van der Waals surface area contributed by atoms with Gasteiger partial charge < -0.3 is 19.3 Å². The van der Waals surface area contributed by atoms with Gasteiger partial charge in [-0.3, -0.25) is 4.79 Å². The number of allylic oxidation sites excluding steroid dienone is 2. The number of hydrogen-bond acceptors (Lipinski definition) is 5. The summed E-state index contributed by atoms with van der Waals surface area (Å²) in [6.45, 7) is 15.9. The highest BCUT2D eigenvalue weighted by Gasteiger charge is 2.66. The second-order valence-corrected chi connectivity index (χ2v) is 15.0. The van der Waals surface area contributed by atoms with E-state index in [1.165, 1.54) is 25.7 Å². The van der Waals surface area contributed by atoms with E-state index < -0.39 is 11.7 Å². The van der Waals surface area contributed by atoms with Gasteiger partial charge in [0.15, 0.2) is 6.29 Å². The Bertz CT molecular complexity index is 953. The standard InChI is InChI=1S/C32H52O5/c1-28(2)24-11-10-22-21(30(24,5)15-14-25(28)33)13-17-31(6)20(12-16-32(22,31)7)19-18-23(37-27(19)35-8)26(34)29(3,4)36-9/h10,19-21,23-24,26-27,34H,11-18H2,1-9H3/t19-,20-,21-,23+,24+,26-,27+,30+,31+,32-/m0/s1. The first-order valence-electron chi connectivity index (χ1n) is 14.8. The quantitative estimate of drug-likeness (QED) is 0.433. The van der Waals surface area contributed by atoms with E-state index in [9.17, 15) is 9.90 Å². The molecule has 10 atom stereocenters. The summed E-state index contributed by atoms with van der Waals surface area (Å²) in [4.78, 5) is 12.9. The first-order valence-corrected chi connectivity index (χ1v) is 14.8. The predicted molar refractivity (Wildman–Crippen MR) is 145 cm³/mol. The van der Waals surface area contributed by atoms with Crippen molar-refractivity contribution in [3.63, 3.8) is 0 Å². The van der Waals surface area contributed by atoms with E-state index in [0.29, 0.717) is 23.5 Å². The first kappa shape index (κ1) is 27.8. The third kappa shape index (κ3) is 3.73. The Morgan fingerprint density at radius 2 is 1.78 bits per heavy atom. The van der Waals surface area contributed by atoms with Gasteiger partial charge >= 0.3 is 0 Å². The van der Waals surface area contributed by atoms with Crippen molar-refractivity contribution in [2.75, 3.05) is 14.2 Å². The Labute approximate surface area is 225 Å². The lowest BCUT2D eigenvalue weighted by molar-refractivity contribution is -0.189. The number of aliphatic hydroxyl groups excluding tert-OH is 1. The summed E-state index contributed by atoms with van der Waals surface area (Å²) in [5, 5.41) is 11.1. The van der Waals surface area contributed by atoms with Gasteiger partial charge in [-0.25, -0.2) is 0 Å². The van der Waals surface area contributed by atoms with Crippen LogP contribution in [0.2, 0.25) is 0 Å². The van der Waals surface area contributed by atoms with Gasteiger partial charge in [0, 0.05) is 32.0 Å². The van der Waals surface area contributed by atoms with Gasteiger partial charge in [0.1, 0.15) is 11.9 Å². The fourth-order valence-electron chi connectivity index (χ4n) is 10.3. The molecule has 0 spiro atoms. The molecule has 1 saturated heterocycles. The van der Waals surface area contributed by atoms with E-state index in [1.807, 2.05) is 13.8 Å². The number of fused-ring (bicyclic) bond motifs is 5. The maximum atomic E-state index is 12.9. The first-order chi connectivity index (χ1) is 17.2. The molecule has 0 unspecified atom stereocenters. The highest BCUT2D eigenvalue weighted by molar-refractivity contribution is 5.85. The molecule has 0 radical (unpaired) electrons. The lowest BCUT2D eigenvalue weighted by atomic mass is 9.41. The number of aliphatic hydroxyl groups is 1. The van der Waals surface area contributed by atoms with E-state index in [2.05, 4.69) is 40.7 Å². The van der Waals surface area contributed by atoms with Crippen molar-refractivity contribution in [3.8, 4) is 0 Å². The van der Waals surface area contributed by atoms with Crippen LogP contribution in [-0.2, 0) is 19.0 Å². The lowest BCUT2D eigenvalue weighted by Gasteiger charge is -2.63. The Kier molecular flexibility index (Phi) is 6.67. The number of hydrogen-bond donors (Lipinski definition) is 1. The van der Waals surface area contributed by atoms with Crippen molar-refractivity contribution >= 4 is 5.78 Å². The molecule has 5 heteroatoms. The van der Waals surface area contributed by atoms with Crippen molar-refractivity contribution in [1.82, 2.24) is 0 Å². The van der Waals surface area contributed by atoms with Gasteiger partial charge in [-0.2, -0.15) is 0 Å². The number of methoxy groups -OCH3 is 2. The molecule has 3 saturated carbocycles. The summed E-state index contributed by atoms with van der Waals surface area (Å²) in [5.74, 6) is 2.22. The minimum absolute atomic E-state index is 0.154. The molecule has 5 aliphatic rings. The van der Waals surface area contributed by atoms with Crippen molar-refractivity contribution in [3.05, 3.63) is 11.6 Å². The zero-order chi connectivity index (χ0) is 27.2. The van der Waals surface area contributed by atoms with Crippen LogP contribution in [0.4, 0.5) is 0 Å². The van der Waals surface area contributed by atoms with E-state index in [4.69, 9.17) is 14.2 Å². The highest BCUT2D eigenvalue weighted by Crippen LogP contribution is 2.73. The Balaban J connectivity index is 1.44. The van der Waals surface area contributed by atoms with Gasteiger partial charge in [0.2, 0.25) is 0 Å². The molecule has 5 rings (SSSR count). The molecule has 1 heterocycles. The van der Waals surface area contributed by atoms with Gasteiger partial charge in [0.25, 0.3) is 0 Å². The van der Waals surface area contributed by atoms with Gasteiger partial charge in [-0.15, -0.1) is 0 Å². The maximum absolute atomic E-state index is 12.9. The lowest BCUT2D eigenvalue weighted by Crippen LogP contribution is -2.57. The Morgan fingerprint density at radius 1 is 1.08 bits per heavy atom. The third-order valence-corrected chi connectivity index (χ3v) is 13.1. The summed E-state index contributed by atoms with van der Waals surface area (Å²) in [6, 6.07) is 0. The molecule has 0 aromatic heterocycles. The van der Waals surface area contributed by atoms with Crippen LogP contribution in [0.5, 0.6) is 0 Å². The number of ketones is 1. The average Bonchev–Trinajstić information content (AvgIpc) is 3.39. The van der Waals surface area contributed by atoms with E-state index in [0.717, 1.165) is 25.7 Å². The summed E-state index contributed by atoms with van der Waals surface area (Å²) in [6.07, 6.45) is 9.70. The number of Topliss-reactive ketones (excluding diaryl/α,β-unsaturated/α-hetero) is 1. The summed E-state index contributed by atoms with van der Waals surface area (Å²) >= 11 is 0. The Hall–Kier alpha value is -0.750.